The van der Waals surface area contributed by atoms with E-state index in [-0.39, 0.29) is 17.5 Å². The molecule has 0 aliphatic carbocycles. The molecule has 0 spiro atoms. The van der Waals surface area contributed by atoms with Crippen molar-refractivity contribution in [2.45, 2.75) is 70.4 Å². The van der Waals surface area contributed by atoms with Crippen molar-refractivity contribution in [2.24, 2.45) is 0 Å². The van der Waals surface area contributed by atoms with Gasteiger partial charge in [-0.15, -0.1) is 0 Å². The van der Waals surface area contributed by atoms with Crippen LogP contribution in [-0.2, 0) is 11.2 Å². The Morgan fingerprint density at radius 1 is 1.30 bits per heavy atom. The van der Waals surface area contributed by atoms with Crippen molar-refractivity contribution in [1.82, 2.24) is 4.90 Å². The van der Waals surface area contributed by atoms with E-state index >= 15 is 0 Å². The number of unbranched alkanes of at least 4 members (excludes halogenated alkanes) is 2. The Labute approximate surface area is 161 Å². The Balaban J connectivity index is 1.93. The second-order valence-electron chi connectivity index (χ2n) is 7.62. The number of likely N-dealkylation sites (tertiary alicyclic amines) is 1. The van der Waals surface area contributed by atoms with Crippen molar-refractivity contribution in [3.8, 4) is 0 Å². The summed E-state index contributed by atoms with van der Waals surface area (Å²) in [4.78, 5) is 25.0. The number of hydrogen-bond donors (Lipinski definition) is 2. The van der Waals surface area contributed by atoms with Crippen LogP contribution in [0.25, 0.3) is 0 Å². The third-order valence-corrected chi connectivity index (χ3v) is 5.18. The predicted molar refractivity (Wildman–Crippen MR) is 106 cm³/mol. The minimum atomic E-state index is -0.938. The fraction of sp³-hybridized carbons (Fsp3) is 0.545. The SMILES string of the molecule is CCCCCC(C)(O)/C=C/C1CCC(=O)N1CCc1ccc(C(=O)O)cc1. The molecule has 2 atom stereocenters. The summed E-state index contributed by atoms with van der Waals surface area (Å²) in [7, 11) is 0. The zero-order valence-corrected chi connectivity index (χ0v) is 16.4. The topological polar surface area (TPSA) is 77.8 Å². The van der Waals surface area contributed by atoms with Crippen LogP contribution in [0.2, 0.25) is 0 Å². The second-order valence-corrected chi connectivity index (χ2v) is 7.62. The first kappa shape index (κ1) is 21.2. The number of benzene rings is 1. The molecule has 0 aromatic heterocycles. The molecule has 1 amide bonds. The minimum absolute atomic E-state index is 0.0217. The van der Waals surface area contributed by atoms with E-state index in [9.17, 15) is 14.7 Å². The molecular formula is C22H31NO4. The number of carbonyl (C=O) groups excluding carboxylic acids is 1. The number of carboxylic acid groups (broad SMARTS) is 1. The standard InChI is InChI=1S/C22H31NO4/c1-3-4-5-14-22(2,27)15-12-19-10-11-20(24)23(19)16-13-17-6-8-18(9-7-17)21(25)26/h6-9,12,15,19,27H,3-5,10-11,13-14,16H2,1-2H3,(H,25,26)/b15-12+. The fourth-order valence-corrected chi connectivity index (χ4v) is 3.44. The molecule has 1 aliphatic rings. The lowest BCUT2D eigenvalue weighted by atomic mass is 9.97. The van der Waals surface area contributed by atoms with Gasteiger partial charge in [-0.1, -0.05) is 50.5 Å². The summed E-state index contributed by atoms with van der Waals surface area (Å²) in [6.07, 6.45) is 9.77. The Bertz CT molecular complexity index is 663. The summed E-state index contributed by atoms with van der Waals surface area (Å²) >= 11 is 0. The van der Waals surface area contributed by atoms with Crippen molar-refractivity contribution in [3.05, 3.63) is 47.5 Å². The van der Waals surface area contributed by atoms with E-state index in [1.807, 2.05) is 24.0 Å². The maximum atomic E-state index is 12.2. The van der Waals surface area contributed by atoms with Gasteiger partial charge in [-0.05, 0) is 43.9 Å². The van der Waals surface area contributed by atoms with Crippen molar-refractivity contribution >= 4 is 11.9 Å². The monoisotopic (exact) mass is 373 g/mol. The molecule has 1 fully saturated rings. The third kappa shape index (κ3) is 6.51. The lowest BCUT2D eigenvalue weighted by molar-refractivity contribution is -0.128. The first-order valence-electron chi connectivity index (χ1n) is 9.86. The number of carboxylic acids is 1. The van der Waals surface area contributed by atoms with Crippen molar-refractivity contribution in [1.29, 1.82) is 0 Å². The third-order valence-electron chi connectivity index (χ3n) is 5.18. The summed E-state index contributed by atoms with van der Waals surface area (Å²) in [6, 6.07) is 6.80. The van der Waals surface area contributed by atoms with Gasteiger partial charge in [-0.2, -0.15) is 0 Å². The largest absolute Gasteiger partial charge is 0.478 e. The van der Waals surface area contributed by atoms with Crippen molar-refractivity contribution in [2.75, 3.05) is 6.54 Å². The molecule has 2 N–H and O–H groups in total. The van der Waals surface area contributed by atoms with Gasteiger partial charge >= 0.3 is 5.97 Å². The minimum Gasteiger partial charge on any atom is -0.478 e. The Kier molecular flexibility index (Phi) is 7.60. The molecule has 1 aliphatic heterocycles. The van der Waals surface area contributed by atoms with Crippen LogP contribution >= 0.6 is 0 Å². The highest BCUT2D eigenvalue weighted by molar-refractivity contribution is 5.87. The Morgan fingerprint density at radius 2 is 2.00 bits per heavy atom. The van der Waals surface area contributed by atoms with E-state index in [4.69, 9.17) is 5.11 Å². The average molecular weight is 373 g/mol. The van der Waals surface area contributed by atoms with Gasteiger partial charge in [0.1, 0.15) is 0 Å². The van der Waals surface area contributed by atoms with Gasteiger partial charge in [0.2, 0.25) is 5.91 Å². The van der Waals surface area contributed by atoms with E-state index in [1.54, 1.807) is 24.3 Å². The quantitative estimate of drug-likeness (QED) is 0.483. The van der Waals surface area contributed by atoms with Gasteiger partial charge in [0.15, 0.2) is 0 Å². The molecular weight excluding hydrogens is 342 g/mol. The highest BCUT2D eigenvalue weighted by Gasteiger charge is 2.29. The number of amides is 1. The number of hydrogen-bond acceptors (Lipinski definition) is 3. The van der Waals surface area contributed by atoms with Crippen molar-refractivity contribution < 1.29 is 19.8 Å². The number of carbonyl (C=O) groups is 2. The van der Waals surface area contributed by atoms with E-state index < -0.39 is 11.6 Å². The van der Waals surface area contributed by atoms with E-state index in [0.717, 1.165) is 37.7 Å². The summed E-state index contributed by atoms with van der Waals surface area (Å²) in [6.45, 7) is 4.56. The molecule has 0 radical (unpaired) electrons. The van der Waals surface area contributed by atoms with Crippen molar-refractivity contribution in [3.63, 3.8) is 0 Å². The Morgan fingerprint density at radius 3 is 2.63 bits per heavy atom. The first-order chi connectivity index (χ1) is 12.8. The number of aliphatic hydroxyl groups is 1. The molecule has 1 heterocycles. The molecule has 0 bridgehead atoms. The highest BCUT2D eigenvalue weighted by Crippen LogP contribution is 2.23. The summed E-state index contributed by atoms with van der Waals surface area (Å²) in [5, 5.41) is 19.5. The van der Waals surface area contributed by atoms with Crippen LogP contribution in [0.5, 0.6) is 0 Å². The van der Waals surface area contributed by atoms with Gasteiger partial charge in [0, 0.05) is 13.0 Å². The molecule has 2 unspecified atom stereocenters. The van der Waals surface area contributed by atoms with Crippen LogP contribution in [-0.4, -0.2) is 45.2 Å². The molecule has 1 aromatic carbocycles. The smallest absolute Gasteiger partial charge is 0.335 e. The summed E-state index contributed by atoms with van der Waals surface area (Å²) in [5.74, 6) is -0.801. The number of rotatable bonds is 10. The maximum absolute atomic E-state index is 12.2. The molecule has 5 heteroatoms. The molecule has 2 rings (SSSR count). The van der Waals surface area contributed by atoms with Crippen LogP contribution in [0.1, 0.15) is 68.3 Å². The second kappa shape index (κ2) is 9.70. The zero-order chi connectivity index (χ0) is 19.9. The molecule has 1 aromatic rings. The van der Waals surface area contributed by atoms with E-state index in [0.29, 0.717) is 19.4 Å². The molecule has 5 nitrogen and oxygen atoms in total. The van der Waals surface area contributed by atoms with Crippen LogP contribution in [0.4, 0.5) is 0 Å². The maximum Gasteiger partial charge on any atom is 0.335 e. The van der Waals surface area contributed by atoms with Gasteiger partial charge in [-0.25, -0.2) is 4.79 Å². The number of nitrogens with zero attached hydrogens (tertiary/aromatic N) is 1. The van der Waals surface area contributed by atoms with Crippen LogP contribution < -0.4 is 0 Å². The molecule has 27 heavy (non-hydrogen) atoms. The molecule has 148 valence electrons. The normalized spacial score (nSPS) is 19.6. The average Bonchev–Trinajstić information content (AvgIpc) is 2.98. The zero-order valence-electron chi connectivity index (χ0n) is 16.4. The summed E-state index contributed by atoms with van der Waals surface area (Å²) < 4.78 is 0. The van der Waals surface area contributed by atoms with E-state index in [2.05, 4.69) is 6.92 Å². The molecule has 1 saturated heterocycles. The van der Waals surface area contributed by atoms with Crippen LogP contribution in [0, 0.1) is 0 Å². The Hall–Kier alpha value is -2.14. The fourth-order valence-electron chi connectivity index (χ4n) is 3.44. The van der Waals surface area contributed by atoms with Gasteiger partial charge < -0.3 is 15.1 Å². The highest BCUT2D eigenvalue weighted by atomic mass is 16.4. The van der Waals surface area contributed by atoms with Gasteiger partial charge in [0.25, 0.3) is 0 Å². The van der Waals surface area contributed by atoms with E-state index in [1.165, 1.54) is 0 Å². The molecule has 0 saturated carbocycles. The van der Waals surface area contributed by atoms with Crippen LogP contribution in [0.15, 0.2) is 36.4 Å². The lowest BCUT2D eigenvalue weighted by Gasteiger charge is -2.24. The van der Waals surface area contributed by atoms with Crippen LogP contribution in [0.3, 0.4) is 0 Å². The summed E-state index contributed by atoms with van der Waals surface area (Å²) in [5.41, 5.74) is 0.440. The number of aromatic carboxylic acids is 1. The van der Waals surface area contributed by atoms with Gasteiger partial charge in [-0.3, -0.25) is 4.79 Å². The lowest BCUT2D eigenvalue weighted by Crippen LogP contribution is -2.34. The predicted octanol–water partition coefficient (Wildman–Crippen LogP) is 3.81. The first-order valence-corrected chi connectivity index (χ1v) is 9.86. The van der Waals surface area contributed by atoms with Gasteiger partial charge in [0.05, 0.1) is 17.2 Å².